The number of benzene rings is 1. The minimum absolute atomic E-state index is 0.0221. The normalized spacial score (nSPS) is 11.3. The number of hydrogen-bond donors (Lipinski definition) is 0. The van der Waals surface area contributed by atoms with E-state index in [2.05, 4.69) is 0 Å². The summed E-state index contributed by atoms with van der Waals surface area (Å²) in [4.78, 5) is 22.7. The van der Waals surface area contributed by atoms with E-state index in [1.807, 2.05) is 0 Å². The largest absolute Gasteiger partial charge is 0.500 e. The van der Waals surface area contributed by atoms with E-state index in [1.54, 1.807) is 21.3 Å². The van der Waals surface area contributed by atoms with Gasteiger partial charge in [-0.15, -0.1) is 0 Å². The Morgan fingerprint density at radius 2 is 1.71 bits per heavy atom. The van der Waals surface area contributed by atoms with Crippen LogP contribution in [0.1, 0.15) is 28.8 Å². The lowest BCUT2D eigenvalue weighted by molar-refractivity contribution is -0.386. The maximum absolute atomic E-state index is 11.9. The molecule has 0 fully saturated rings. The second kappa shape index (κ2) is 11.7. The van der Waals surface area contributed by atoms with Gasteiger partial charge in [0, 0.05) is 34.0 Å². The summed E-state index contributed by atoms with van der Waals surface area (Å²) in [5.74, 6) is -0.574. The molecule has 0 aliphatic carbocycles. The Labute approximate surface area is 165 Å². The summed E-state index contributed by atoms with van der Waals surface area (Å²) >= 11 is 0. The number of rotatable bonds is 13. The molecule has 0 saturated carbocycles. The summed E-state index contributed by atoms with van der Waals surface area (Å²) < 4.78 is 31.4. The van der Waals surface area contributed by atoms with Gasteiger partial charge in [-0.1, -0.05) is 0 Å². The van der Waals surface area contributed by atoms with E-state index < -0.39 is 19.7 Å². The molecule has 1 aromatic rings. The number of unbranched alkanes of at least 4 members (excludes halogenated alkanes) is 1. The number of ether oxygens (including phenoxy) is 3. The first-order valence-electron chi connectivity index (χ1n) is 8.54. The molecule has 0 radical (unpaired) electrons. The van der Waals surface area contributed by atoms with Crippen LogP contribution < -0.4 is 4.74 Å². The number of methoxy groups -OCH3 is 2. The molecule has 0 amide bonds. The third-order valence-electron chi connectivity index (χ3n) is 4.21. The SMILES string of the molecule is COC(=O)c1cc(COCCCC[Si](OC)(OC)OC)c([N+](=O)[O-])cc1OC. The molecule has 10 nitrogen and oxygen atoms in total. The van der Waals surface area contributed by atoms with Crippen molar-refractivity contribution < 1.29 is 37.2 Å². The smallest absolute Gasteiger partial charge is 0.496 e. The molecule has 0 spiro atoms. The maximum atomic E-state index is 11.9. The van der Waals surface area contributed by atoms with Gasteiger partial charge in [-0.2, -0.15) is 0 Å². The van der Waals surface area contributed by atoms with Crippen LogP contribution in [0.25, 0.3) is 0 Å². The monoisotopic (exact) mass is 417 g/mol. The molecule has 1 rings (SSSR count). The molecule has 11 heteroatoms. The van der Waals surface area contributed by atoms with Crippen molar-refractivity contribution in [3.8, 4) is 5.75 Å². The summed E-state index contributed by atoms with van der Waals surface area (Å²) in [6.45, 7) is 0.351. The fourth-order valence-corrected chi connectivity index (χ4v) is 4.42. The molecule has 0 saturated heterocycles. The Bertz CT molecular complexity index is 656. The lowest BCUT2D eigenvalue weighted by atomic mass is 10.1. The summed E-state index contributed by atoms with van der Waals surface area (Å²) in [5.41, 5.74) is 0.181. The van der Waals surface area contributed by atoms with Gasteiger partial charge in [0.1, 0.15) is 11.3 Å². The van der Waals surface area contributed by atoms with E-state index in [0.717, 1.165) is 6.42 Å². The molecule has 0 aromatic heterocycles. The molecule has 158 valence electrons. The van der Waals surface area contributed by atoms with E-state index in [1.165, 1.54) is 26.4 Å². The fraction of sp³-hybridized carbons (Fsp3) is 0.588. The van der Waals surface area contributed by atoms with Crippen molar-refractivity contribution in [1.29, 1.82) is 0 Å². The van der Waals surface area contributed by atoms with Crippen molar-refractivity contribution in [3.05, 3.63) is 33.4 Å². The second-order valence-electron chi connectivity index (χ2n) is 5.73. The van der Waals surface area contributed by atoms with Crippen LogP contribution in [0.5, 0.6) is 5.75 Å². The average molecular weight is 417 g/mol. The Hall–Kier alpha value is -2.05. The molecule has 0 N–H and O–H groups in total. The van der Waals surface area contributed by atoms with Crippen molar-refractivity contribution in [2.45, 2.75) is 25.5 Å². The number of carbonyl (C=O) groups excluding carboxylic acids is 1. The van der Waals surface area contributed by atoms with E-state index in [4.69, 9.17) is 27.5 Å². The molecular formula is C17H27NO9Si. The fourth-order valence-electron chi connectivity index (χ4n) is 2.62. The number of nitro benzene ring substituents is 1. The Morgan fingerprint density at radius 3 is 2.21 bits per heavy atom. The van der Waals surface area contributed by atoms with Crippen molar-refractivity contribution >= 4 is 20.5 Å². The Kier molecular flexibility index (Phi) is 10.0. The predicted molar refractivity (Wildman–Crippen MR) is 101 cm³/mol. The van der Waals surface area contributed by atoms with E-state index in [-0.39, 0.29) is 29.2 Å². The predicted octanol–water partition coefficient (Wildman–Crippen LogP) is 2.56. The molecule has 28 heavy (non-hydrogen) atoms. The first-order valence-corrected chi connectivity index (χ1v) is 10.5. The standard InChI is InChI=1S/C17H27NO9Si/c1-22-16-11-15(18(20)21)13(10-14(16)17(19)23-2)12-27-8-6-7-9-28(24-3,25-4)26-5/h10-11H,6-9,12H2,1-5H3. The van der Waals surface area contributed by atoms with Gasteiger partial charge < -0.3 is 27.5 Å². The zero-order valence-electron chi connectivity index (χ0n) is 16.8. The summed E-state index contributed by atoms with van der Waals surface area (Å²) in [5, 5.41) is 11.3. The number of carbonyl (C=O) groups is 1. The quantitative estimate of drug-likeness (QED) is 0.157. The van der Waals surface area contributed by atoms with Crippen LogP contribution in [0.15, 0.2) is 12.1 Å². The minimum Gasteiger partial charge on any atom is -0.496 e. The molecular weight excluding hydrogens is 390 g/mol. The van der Waals surface area contributed by atoms with E-state index in [9.17, 15) is 14.9 Å². The lowest BCUT2D eigenvalue weighted by Crippen LogP contribution is -2.42. The molecule has 0 bridgehead atoms. The van der Waals surface area contributed by atoms with Crippen LogP contribution >= 0.6 is 0 Å². The van der Waals surface area contributed by atoms with Crippen LogP contribution in [0.4, 0.5) is 5.69 Å². The van der Waals surface area contributed by atoms with Gasteiger partial charge in [0.2, 0.25) is 0 Å². The maximum Gasteiger partial charge on any atom is 0.500 e. The highest BCUT2D eigenvalue weighted by molar-refractivity contribution is 6.60. The topological polar surface area (TPSA) is 116 Å². The van der Waals surface area contributed by atoms with Crippen molar-refractivity contribution in [1.82, 2.24) is 0 Å². The highest BCUT2D eigenvalue weighted by Gasteiger charge is 2.36. The number of esters is 1. The van der Waals surface area contributed by atoms with Crippen LogP contribution in [-0.2, 0) is 29.4 Å². The summed E-state index contributed by atoms with van der Waals surface area (Å²) in [7, 11) is 4.60. The van der Waals surface area contributed by atoms with Crippen LogP contribution in [0.2, 0.25) is 6.04 Å². The minimum atomic E-state index is -2.61. The first-order chi connectivity index (χ1) is 13.4. The lowest BCUT2D eigenvalue weighted by Gasteiger charge is -2.24. The highest BCUT2D eigenvalue weighted by atomic mass is 28.4. The highest BCUT2D eigenvalue weighted by Crippen LogP contribution is 2.30. The van der Waals surface area contributed by atoms with Gasteiger partial charge >= 0.3 is 14.8 Å². The molecule has 0 unspecified atom stereocenters. The summed E-state index contributed by atoms with van der Waals surface area (Å²) in [6.07, 6.45) is 1.44. The zero-order chi connectivity index (χ0) is 21.2. The van der Waals surface area contributed by atoms with Crippen LogP contribution in [0.3, 0.4) is 0 Å². The molecule has 0 aliphatic rings. The van der Waals surface area contributed by atoms with Gasteiger partial charge in [-0.3, -0.25) is 10.1 Å². The third kappa shape index (κ3) is 6.24. The summed E-state index contributed by atoms with van der Waals surface area (Å²) in [6, 6.07) is 3.19. The number of nitro groups is 1. The van der Waals surface area contributed by atoms with Crippen molar-refractivity contribution in [3.63, 3.8) is 0 Å². The molecule has 1 aromatic carbocycles. The van der Waals surface area contributed by atoms with Crippen LogP contribution in [-0.4, -0.2) is 61.9 Å². The third-order valence-corrected chi connectivity index (χ3v) is 7.05. The molecule has 0 atom stereocenters. The van der Waals surface area contributed by atoms with Gasteiger partial charge in [0.15, 0.2) is 0 Å². The van der Waals surface area contributed by atoms with Gasteiger partial charge in [0.25, 0.3) is 5.69 Å². The van der Waals surface area contributed by atoms with Gasteiger partial charge in [-0.25, -0.2) is 4.79 Å². The number of hydrogen-bond acceptors (Lipinski definition) is 9. The Balaban J connectivity index is 2.73. The van der Waals surface area contributed by atoms with Gasteiger partial charge in [-0.05, 0) is 18.9 Å². The Morgan fingerprint density at radius 1 is 1.07 bits per heavy atom. The van der Waals surface area contributed by atoms with Gasteiger partial charge in [0.05, 0.1) is 37.4 Å². The average Bonchev–Trinajstić information content (AvgIpc) is 2.72. The first kappa shape index (κ1) is 24.0. The van der Waals surface area contributed by atoms with Crippen LogP contribution in [0, 0.1) is 10.1 Å². The zero-order valence-corrected chi connectivity index (χ0v) is 17.8. The number of nitrogens with zero attached hydrogens (tertiary/aromatic N) is 1. The molecule has 0 heterocycles. The van der Waals surface area contributed by atoms with E-state index >= 15 is 0 Å². The second-order valence-corrected chi connectivity index (χ2v) is 8.83. The molecule has 0 aliphatic heterocycles. The van der Waals surface area contributed by atoms with Crippen molar-refractivity contribution in [2.75, 3.05) is 42.2 Å². The van der Waals surface area contributed by atoms with E-state index in [0.29, 0.717) is 19.1 Å². The van der Waals surface area contributed by atoms with Crippen molar-refractivity contribution in [2.24, 2.45) is 0 Å².